The normalized spacial score (nSPS) is 12.6. The highest BCUT2D eigenvalue weighted by molar-refractivity contribution is 5.36. The Balaban J connectivity index is 2.76. The Hall–Kier alpha value is -1.33. The van der Waals surface area contributed by atoms with Gasteiger partial charge >= 0.3 is 6.18 Å². The van der Waals surface area contributed by atoms with Crippen molar-refractivity contribution in [1.29, 1.82) is 0 Å². The molecule has 0 unspecified atom stereocenters. The third-order valence-electron chi connectivity index (χ3n) is 1.91. The molecule has 0 aromatic carbocycles. The van der Waals surface area contributed by atoms with Crippen molar-refractivity contribution in [3.63, 3.8) is 0 Å². The van der Waals surface area contributed by atoms with E-state index in [1.165, 1.54) is 12.4 Å². The summed E-state index contributed by atoms with van der Waals surface area (Å²) in [6.07, 6.45) is -2.98. The lowest BCUT2D eigenvalue weighted by molar-refractivity contribution is -0.115. The molecule has 0 bridgehead atoms. The lowest BCUT2D eigenvalue weighted by Crippen LogP contribution is -2.22. The molecule has 0 spiro atoms. The molecule has 6 heteroatoms. The zero-order chi connectivity index (χ0) is 12.4. The molecular weight excluding hydrogens is 219 g/mol. The molecule has 0 radical (unpaired) electrons. The fourth-order valence-corrected chi connectivity index (χ4v) is 1.05. The Morgan fingerprint density at radius 2 is 1.81 bits per heavy atom. The summed E-state index contributed by atoms with van der Waals surface area (Å²) in [7, 11) is 0. The van der Waals surface area contributed by atoms with Crippen LogP contribution in [0.4, 0.5) is 19.0 Å². The zero-order valence-electron chi connectivity index (χ0n) is 9.39. The van der Waals surface area contributed by atoms with Crippen LogP contribution in [0.2, 0.25) is 0 Å². The van der Waals surface area contributed by atoms with Crippen LogP contribution in [0.5, 0.6) is 0 Å². The van der Waals surface area contributed by atoms with E-state index in [9.17, 15) is 13.2 Å². The van der Waals surface area contributed by atoms with Crippen LogP contribution in [0, 0.1) is 0 Å². The summed E-state index contributed by atoms with van der Waals surface area (Å²) < 4.78 is 35.9. The van der Waals surface area contributed by atoms with Gasteiger partial charge < -0.3 is 5.32 Å². The van der Waals surface area contributed by atoms with Crippen molar-refractivity contribution in [1.82, 2.24) is 9.97 Å². The zero-order valence-corrected chi connectivity index (χ0v) is 9.39. The highest BCUT2D eigenvalue weighted by atomic mass is 19.4. The first-order chi connectivity index (χ1) is 7.18. The number of rotatable bonds is 2. The Labute approximate surface area is 92.1 Å². The maximum Gasteiger partial charge on any atom is 0.405 e. The van der Waals surface area contributed by atoms with Crippen molar-refractivity contribution in [2.45, 2.75) is 32.4 Å². The van der Waals surface area contributed by atoms with E-state index in [0.29, 0.717) is 5.69 Å². The maximum atomic E-state index is 12.0. The molecule has 0 fully saturated rings. The van der Waals surface area contributed by atoms with Gasteiger partial charge in [-0.15, -0.1) is 0 Å². The largest absolute Gasteiger partial charge is 0.405 e. The average Bonchev–Trinajstić information content (AvgIpc) is 2.13. The minimum atomic E-state index is -4.24. The lowest BCUT2D eigenvalue weighted by atomic mass is 9.92. The number of alkyl halides is 3. The van der Waals surface area contributed by atoms with E-state index >= 15 is 0 Å². The molecule has 0 saturated heterocycles. The van der Waals surface area contributed by atoms with E-state index in [1.54, 1.807) is 0 Å². The first-order valence-electron chi connectivity index (χ1n) is 4.82. The number of anilines is 1. The summed E-state index contributed by atoms with van der Waals surface area (Å²) in [6.45, 7) is 4.71. The average molecular weight is 233 g/mol. The molecular formula is C10H14F3N3. The van der Waals surface area contributed by atoms with Crippen molar-refractivity contribution in [3.8, 4) is 0 Å². The van der Waals surface area contributed by atoms with E-state index in [-0.39, 0.29) is 11.2 Å². The number of hydrogen-bond donors (Lipinski definition) is 1. The molecule has 1 aromatic rings. The third kappa shape index (κ3) is 4.04. The van der Waals surface area contributed by atoms with E-state index in [4.69, 9.17) is 0 Å². The highest BCUT2D eigenvalue weighted by Gasteiger charge is 2.27. The Kier molecular flexibility index (Phi) is 3.40. The third-order valence-corrected chi connectivity index (χ3v) is 1.91. The molecule has 0 amide bonds. The van der Waals surface area contributed by atoms with Gasteiger partial charge in [-0.05, 0) is 0 Å². The molecule has 16 heavy (non-hydrogen) atoms. The highest BCUT2D eigenvalue weighted by Crippen LogP contribution is 2.22. The molecule has 90 valence electrons. The summed E-state index contributed by atoms with van der Waals surface area (Å²) in [5.41, 5.74) is 0.490. The first-order valence-corrected chi connectivity index (χ1v) is 4.82. The van der Waals surface area contributed by atoms with Crippen LogP contribution >= 0.6 is 0 Å². The van der Waals surface area contributed by atoms with Crippen LogP contribution in [-0.4, -0.2) is 22.7 Å². The summed E-state index contributed by atoms with van der Waals surface area (Å²) in [5.74, 6) is 0.192. The number of nitrogens with one attached hydrogen (secondary N) is 1. The monoisotopic (exact) mass is 233 g/mol. The Morgan fingerprint density at radius 1 is 1.19 bits per heavy atom. The Morgan fingerprint density at radius 3 is 2.31 bits per heavy atom. The molecule has 0 aliphatic carbocycles. The SMILES string of the molecule is CC(C)(C)c1cc(NCC(F)(F)F)ncn1. The molecule has 3 nitrogen and oxygen atoms in total. The van der Waals surface area contributed by atoms with Crippen molar-refractivity contribution in [2.75, 3.05) is 11.9 Å². The summed E-state index contributed by atoms with van der Waals surface area (Å²) in [5, 5.41) is 2.22. The van der Waals surface area contributed by atoms with Crippen molar-refractivity contribution in [3.05, 3.63) is 18.1 Å². The predicted molar refractivity (Wildman–Crippen MR) is 55.3 cm³/mol. The quantitative estimate of drug-likeness (QED) is 0.853. The minimum Gasteiger partial charge on any atom is -0.361 e. The first kappa shape index (κ1) is 12.7. The van der Waals surface area contributed by atoms with Crippen LogP contribution in [-0.2, 0) is 5.41 Å². The smallest absolute Gasteiger partial charge is 0.361 e. The van der Waals surface area contributed by atoms with Gasteiger partial charge in [-0.3, -0.25) is 0 Å². The van der Waals surface area contributed by atoms with Gasteiger partial charge in [0.05, 0.1) is 5.69 Å². The van der Waals surface area contributed by atoms with Crippen LogP contribution < -0.4 is 5.32 Å². The summed E-state index contributed by atoms with van der Waals surface area (Å²) >= 11 is 0. The predicted octanol–water partition coefficient (Wildman–Crippen LogP) is 2.75. The fraction of sp³-hybridized carbons (Fsp3) is 0.600. The molecule has 0 aliphatic rings. The molecule has 1 rings (SSSR count). The second-order valence-electron chi connectivity index (χ2n) is 4.51. The summed E-state index contributed by atoms with van der Waals surface area (Å²) in [4.78, 5) is 7.76. The van der Waals surface area contributed by atoms with Crippen LogP contribution in [0.3, 0.4) is 0 Å². The number of nitrogens with zero attached hydrogens (tertiary/aromatic N) is 2. The molecule has 0 atom stereocenters. The van der Waals surface area contributed by atoms with E-state index < -0.39 is 12.7 Å². The van der Waals surface area contributed by atoms with Gasteiger partial charge in [0.2, 0.25) is 0 Å². The van der Waals surface area contributed by atoms with Gasteiger partial charge in [0.25, 0.3) is 0 Å². The number of hydrogen-bond acceptors (Lipinski definition) is 3. The van der Waals surface area contributed by atoms with Crippen molar-refractivity contribution >= 4 is 5.82 Å². The van der Waals surface area contributed by atoms with Gasteiger partial charge in [-0.2, -0.15) is 13.2 Å². The number of aromatic nitrogens is 2. The minimum absolute atomic E-state index is 0.192. The van der Waals surface area contributed by atoms with Gasteiger partial charge in [-0.25, -0.2) is 9.97 Å². The Bertz CT molecular complexity index is 355. The second kappa shape index (κ2) is 4.27. The van der Waals surface area contributed by atoms with Crippen molar-refractivity contribution in [2.24, 2.45) is 0 Å². The fourth-order valence-electron chi connectivity index (χ4n) is 1.05. The van der Waals surface area contributed by atoms with E-state index in [0.717, 1.165) is 0 Å². The summed E-state index contributed by atoms with van der Waals surface area (Å²) in [6, 6.07) is 1.53. The lowest BCUT2D eigenvalue weighted by Gasteiger charge is -2.18. The second-order valence-corrected chi connectivity index (χ2v) is 4.51. The molecule has 0 aliphatic heterocycles. The number of halogens is 3. The van der Waals surface area contributed by atoms with Crippen LogP contribution in [0.15, 0.2) is 12.4 Å². The maximum absolute atomic E-state index is 12.0. The van der Waals surface area contributed by atoms with Gasteiger partial charge in [-0.1, -0.05) is 20.8 Å². The molecule has 1 N–H and O–H groups in total. The standard InChI is InChI=1S/C10H14F3N3/c1-9(2,3)7-4-8(16-6-15-7)14-5-10(11,12)13/h4,6H,5H2,1-3H3,(H,14,15,16). The van der Waals surface area contributed by atoms with E-state index in [2.05, 4.69) is 15.3 Å². The molecule has 0 saturated carbocycles. The molecule has 1 heterocycles. The topological polar surface area (TPSA) is 37.8 Å². The van der Waals surface area contributed by atoms with Crippen LogP contribution in [0.25, 0.3) is 0 Å². The molecule has 1 aromatic heterocycles. The van der Waals surface area contributed by atoms with Gasteiger partial charge in [0.15, 0.2) is 0 Å². The van der Waals surface area contributed by atoms with Crippen LogP contribution in [0.1, 0.15) is 26.5 Å². The van der Waals surface area contributed by atoms with Crippen molar-refractivity contribution < 1.29 is 13.2 Å². The van der Waals surface area contributed by atoms with Gasteiger partial charge in [0.1, 0.15) is 18.7 Å². The van der Waals surface area contributed by atoms with E-state index in [1.807, 2.05) is 20.8 Å². The van der Waals surface area contributed by atoms with Gasteiger partial charge in [0, 0.05) is 11.5 Å².